The monoisotopic (exact) mass is 289 g/mol. The first kappa shape index (κ1) is 14.8. The zero-order valence-corrected chi connectivity index (χ0v) is 13.4. The molecule has 21 heavy (non-hydrogen) atoms. The van der Waals surface area contributed by atoms with E-state index in [0.29, 0.717) is 11.9 Å². The first-order valence-corrected chi connectivity index (χ1v) is 8.10. The molecule has 2 aliphatic rings. The molecule has 0 aromatic carbocycles. The quantitative estimate of drug-likeness (QED) is 0.924. The van der Waals surface area contributed by atoms with Crippen molar-refractivity contribution in [2.45, 2.75) is 51.2 Å². The Labute approximate surface area is 127 Å². The van der Waals surface area contributed by atoms with Gasteiger partial charge in [0.1, 0.15) is 0 Å². The van der Waals surface area contributed by atoms with Crippen LogP contribution in [-0.2, 0) is 6.54 Å². The number of pyridine rings is 1. The van der Waals surface area contributed by atoms with E-state index in [-0.39, 0.29) is 5.54 Å². The summed E-state index contributed by atoms with van der Waals surface area (Å²) in [6, 6.07) is 6.63. The Kier molecular flexibility index (Phi) is 4.18. The Morgan fingerprint density at radius 3 is 2.90 bits per heavy atom. The van der Waals surface area contributed by atoms with Gasteiger partial charge in [0.15, 0.2) is 0 Å². The second-order valence-electron chi connectivity index (χ2n) is 6.83. The van der Waals surface area contributed by atoms with Gasteiger partial charge in [-0.05, 0) is 51.6 Å². The van der Waals surface area contributed by atoms with Crippen molar-refractivity contribution in [1.29, 1.82) is 0 Å². The van der Waals surface area contributed by atoms with Crippen molar-refractivity contribution < 1.29 is 4.74 Å². The molecule has 4 nitrogen and oxygen atoms in total. The number of nitrogens with zero attached hydrogens (tertiary/aromatic N) is 2. The number of rotatable bonds is 4. The molecule has 1 N–H and O–H groups in total. The van der Waals surface area contributed by atoms with Crippen molar-refractivity contribution in [2.75, 3.05) is 20.2 Å². The molecule has 1 aliphatic carbocycles. The van der Waals surface area contributed by atoms with Gasteiger partial charge >= 0.3 is 0 Å². The molecule has 1 saturated carbocycles. The normalized spacial score (nSPS) is 30.9. The fraction of sp³-hybridized carbons (Fsp3) is 0.706. The van der Waals surface area contributed by atoms with Crippen molar-refractivity contribution in [3.8, 4) is 5.88 Å². The predicted molar refractivity (Wildman–Crippen MR) is 84.4 cm³/mol. The van der Waals surface area contributed by atoms with Crippen LogP contribution in [0.2, 0.25) is 0 Å². The molecule has 2 atom stereocenters. The van der Waals surface area contributed by atoms with Gasteiger partial charge in [0.05, 0.1) is 12.8 Å². The predicted octanol–water partition coefficient (Wildman–Crippen LogP) is 2.44. The topological polar surface area (TPSA) is 37.4 Å². The number of ether oxygens (including phenoxy) is 1. The summed E-state index contributed by atoms with van der Waals surface area (Å²) in [5, 5.41) is 3.80. The molecule has 0 radical (unpaired) electrons. The van der Waals surface area contributed by atoms with Crippen molar-refractivity contribution in [3.05, 3.63) is 23.9 Å². The fourth-order valence-electron chi connectivity index (χ4n) is 3.46. The van der Waals surface area contributed by atoms with Gasteiger partial charge in [-0.1, -0.05) is 6.07 Å². The molecular formula is C17H27N3O. The third-order valence-corrected chi connectivity index (χ3v) is 5.08. The fourth-order valence-corrected chi connectivity index (χ4v) is 3.46. The molecule has 0 spiro atoms. The first-order chi connectivity index (χ1) is 10.1. The van der Waals surface area contributed by atoms with Gasteiger partial charge in [-0.3, -0.25) is 4.90 Å². The largest absolute Gasteiger partial charge is 0.481 e. The molecule has 0 bridgehead atoms. The van der Waals surface area contributed by atoms with Crippen molar-refractivity contribution >= 4 is 0 Å². The van der Waals surface area contributed by atoms with Crippen LogP contribution in [0.5, 0.6) is 5.88 Å². The molecule has 2 heterocycles. The van der Waals surface area contributed by atoms with E-state index in [4.69, 9.17) is 4.74 Å². The van der Waals surface area contributed by atoms with Gasteiger partial charge in [0, 0.05) is 30.7 Å². The number of hydrogen-bond donors (Lipinski definition) is 1. The molecule has 0 amide bonds. The van der Waals surface area contributed by atoms with Crippen LogP contribution in [0, 0.1) is 5.92 Å². The van der Waals surface area contributed by atoms with Crippen molar-refractivity contribution in [1.82, 2.24) is 15.2 Å². The molecular weight excluding hydrogens is 262 g/mol. The number of methoxy groups -OCH3 is 1. The van der Waals surface area contributed by atoms with Crippen LogP contribution in [0.4, 0.5) is 0 Å². The van der Waals surface area contributed by atoms with E-state index in [1.807, 2.05) is 12.1 Å². The van der Waals surface area contributed by atoms with Gasteiger partial charge in [-0.25, -0.2) is 4.98 Å². The summed E-state index contributed by atoms with van der Waals surface area (Å²) < 4.78 is 5.24. The Morgan fingerprint density at radius 1 is 1.38 bits per heavy atom. The Hall–Kier alpha value is -1.13. The average Bonchev–Trinajstić information content (AvgIpc) is 3.31. The maximum atomic E-state index is 5.24. The highest BCUT2D eigenvalue weighted by Crippen LogP contribution is 2.41. The van der Waals surface area contributed by atoms with Crippen LogP contribution in [0.3, 0.4) is 0 Å². The molecule has 3 rings (SSSR count). The number of hydrogen-bond acceptors (Lipinski definition) is 4. The van der Waals surface area contributed by atoms with Gasteiger partial charge in [0.25, 0.3) is 0 Å². The molecule has 116 valence electrons. The number of nitrogens with one attached hydrogen (secondary N) is 1. The lowest BCUT2D eigenvalue weighted by Gasteiger charge is -2.35. The lowest BCUT2D eigenvalue weighted by molar-refractivity contribution is 0.153. The maximum absolute atomic E-state index is 5.24. The molecule has 1 aromatic heterocycles. The molecule has 2 unspecified atom stereocenters. The standard InChI is InChI=1S/C17H27N3O/c1-13-9-10-18-17(2,14-7-8-14)12-20(13)11-15-5-4-6-16(19-15)21-3/h4-6,13-14,18H,7-12H2,1-3H3. The average molecular weight is 289 g/mol. The van der Waals surface area contributed by atoms with Gasteiger partial charge in [-0.15, -0.1) is 0 Å². The third kappa shape index (κ3) is 3.38. The summed E-state index contributed by atoms with van der Waals surface area (Å²) in [5.41, 5.74) is 1.37. The SMILES string of the molecule is COc1cccc(CN2CC(C)(C3CC3)NCCC2C)n1. The second kappa shape index (κ2) is 5.93. The van der Waals surface area contributed by atoms with E-state index in [1.54, 1.807) is 7.11 Å². The van der Waals surface area contributed by atoms with E-state index in [9.17, 15) is 0 Å². The lowest BCUT2D eigenvalue weighted by Crippen LogP contribution is -2.51. The van der Waals surface area contributed by atoms with E-state index in [1.165, 1.54) is 19.3 Å². The van der Waals surface area contributed by atoms with E-state index >= 15 is 0 Å². The maximum Gasteiger partial charge on any atom is 0.213 e. The molecule has 1 saturated heterocycles. The Morgan fingerprint density at radius 2 is 2.19 bits per heavy atom. The third-order valence-electron chi connectivity index (χ3n) is 5.08. The Balaban J connectivity index is 1.74. The van der Waals surface area contributed by atoms with Crippen LogP contribution in [0.25, 0.3) is 0 Å². The molecule has 1 aliphatic heterocycles. The minimum absolute atomic E-state index is 0.267. The van der Waals surface area contributed by atoms with Gasteiger partial charge in [-0.2, -0.15) is 0 Å². The van der Waals surface area contributed by atoms with Crippen LogP contribution in [0.1, 0.15) is 38.8 Å². The molecule has 2 fully saturated rings. The molecule has 4 heteroatoms. The Bertz CT molecular complexity index is 489. The zero-order valence-electron chi connectivity index (χ0n) is 13.4. The number of aromatic nitrogens is 1. The first-order valence-electron chi connectivity index (χ1n) is 8.10. The van der Waals surface area contributed by atoms with E-state index in [2.05, 4.69) is 35.1 Å². The minimum Gasteiger partial charge on any atom is -0.481 e. The van der Waals surface area contributed by atoms with Gasteiger partial charge in [0.2, 0.25) is 5.88 Å². The summed E-state index contributed by atoms with van der Waals surface area (Å²) in [5.74, 6) is 1.56. The van der Waals surface area contributed by atoms with Crippen LogP contribution < -0.4 is 10.1 Å². The summed E-state index contributed by atoms with van der Waals surface area (Å²) in [6.45, 7) is 7.87. The van der Waals surface area contributed by atoms with Crippen molar-refractivity contribution in [3.63, 3.8) is 0 Å². The minimum atomic E-state index is 0.267. The van der Waals surface area contributed by atoms with Crippen molar-refractivity contribution in [2.24, 2.45) is 5.92 Å². The van der Waals surface area contributed by atoms with E-state index in [0.717, 1.165) is 31.2 Å². The summed E-state index contributed by atoms with van der Waals surface area (Å²) in [6.07, 6.45) is 3.96. The second-order valence-corrected chi connectivity index (χ2v) is 6.83. The lowest BCUT2D eigenvalue weighted by atomic mass is 9.95. The van der Waals surface area contributed by atoms with Crippen LogP contribution >= 0.6 is 0 Å². The van der Waals surface area contributed by atoms with E-state index < -0.39 is 0 Å². The summed E-state index contributed by atoms with van der Waals surface area (Å²) >= 11 is 0. The van der Waals surface area contributed by atoms with Gasteiger partial charge < -0.3 is 10.1 Å². The molecule has 1 aromatic rings. The highest BCUT2D eigenvalue weighted by molar-refractivity contribution is 5.16. The van der Waals surface area contributed by atoms with Crippen LogP contribution in [-0.4, -0.2) is 41.7 Å². The highest BCUT2D eigenvalue weighted by Gasteiger charge is 2.43. The van der Waals surface area contributed by atoms with Crippen LogP contribution in [0.15, 0.2) is 18.2 Å². The zero-order chi connectivity index (χ0) is 14.9. The highest BCUT2D eigenvalue weighted by atomic mass is 16.5. The summed E-state index contributed by atoms with van der Waals surface area (Å²) in [7, 11) is 1.68. The summed E-state index contributed by atoms with van der Waals surface area (Å²) in [4.78, 5) is 7.16. The smallest absolute Gasteiger partial charge is 0.213 e.